The molecule has 0 atom stereocenters. The highest BCUT2D eigenvalue weighted by atomic mass is 16.5. The van der Waals surface area contributed by atoms with Crippen LogP contribution in [0.15, 0.2) is 54.7 Å². The number of methoxy groups -OCH3 is 1. The Kier molecular flexibility index (Phi) is 4.48. The van der Waals surface area contributed by atoms with Gasteiger partial charge in [-0.25, -0.2) is 4.98 Å². The molecule has 6 heteroatoms. The molecular weight excluding hydrogens is 342 g/mol. The summed E-state index contributed by atoms with van der Waals surface area (Å²) in [7, 11) is 1.62. The molecule has 0 saturated carbocycles. The number of fused-ring (bicyclic) bond motifs is 3. The molecule has 4 rings (SSSR count). The summed E-state index contributed by atoms with van der Waals surface area (Å²) in [6, 6.07) is 15.4. The summed E-state index contributed by atoms with van der Waals surface area (Å²) >= 11 is 0. The number of hydrogen-bond donors (Lipinski definition) is 2. The van der Waals surface area contributed by atoms with Crippen molar-refractivity contribution < 1.29 is 14.3 Å². The van der Waals surface area contributed by atoms with Crippen LogP contribution in [0.2, 0.25) is 0 Å². The summed E-state index contributed by atoms with van der Waals surface area (Å²) in [6.07, 6.45) is 2.16. The predicted molar refractivity (Wildman–Crippen MR) is 104 cm³/mol. The minimum atomic E-state index is -0.557. The molecule has 0 aliphatic rings. The minimum absolute atomic E-state index is 0.259. The van der Waals surface area contributed by atoms with Gasteiger partial charge in [-0.15, -0.1) is 0 Å². The quantitative estimate of drug-likeness (QED) is 0.547. The van der Waals surface area contributed by atoms with E-state index >= 15 is 0 Å². The SMILES string of the molecule is COCCc1c(C(N)=O)ncc2[nH]c3cccc(Oc4ccccc4)c3c12. The van der Waals surface area contributed by atoms with Crippen molar-refractivity contribution in [2.24, 2.45) is 5.73 Å². The molecule has 1 amide bonds. The maximum absolute atomic E-state index is 11.9. The summed E-state index contributed by atoms with van der Waals surface area (Å²) < 4.78 is 11.4. The van der Waals surface area contributed by atoms with Crippen LogP contribution in [0.5, 0.6) is 11.5 Å². The number of amides is 1. The number of hydrogen-bond acceptors (Lipinski definition) is 4. The molecule has 0 aliphatic heterocycles. The lowest BCUT2D eigenvalue weighted by atomic mass is 10.0. The van der Waals surface area contributed by atoms with Crippen LogP contribution in [0, 0.1) is 0 Å². The van der Waals surface area contributed by atoms with Crippen LogP contribution < -0.4 is 10.5 Å². The summed E-state index contributed by atoms with van der Waals surface area (Å²) in [4.78, 5) is 19.6. The molecule has 0 aliphatic carbocycles. The third-order valence-electron chi connectivity index (χ3n) is 4.49. The first-order chi connectivity index (χ1) is 13.2. The van der Waals surface area contributed by atoms with E-state index < -0.39 is 5.91 Å². The molecule has 2 heterocycles. The van der Waals surface area contributed by atoms with Gasteiger partial charge in [-0.3, -0.25) is 4.79 Å². The monoisotopic (exact) mass is 361 g/mol. The molecule has 136 valence electrons. The van der Waals surface area contributed by atoms with Gasteiger partial charge in [0.15, 0.2) is 0 Å². The molecule has 0 fully saturated rings. The first-order valence-corrected chi connectivity index (χ1v) is 8.63. The lowest BCUT2D eigenvalue weighted by molar-refractivity contribution is 0.0994. The molecule has 0 bridgehead atoms. The second-order valence-electron chi connectivity index (χ2n) is 6.20. The third-order valence-corrected chi connectivity index (χ3v) is 4.49. The molecule has 4 aromatic rings. The van der Waals surface area contributed by atoms with E-state index in [9.17, 15) is 4.79 Å². The zero-order valence-electron chi connectivity index (χ0n) is 14.9. The van der Waals surface area contributed by atoms with Crippen LogP contribution in [0.3, 0.4) is 0 Å². The molecule has 0 saturated heterocycles. The highest BCUT2D eigenvalue weighted by Gasteiger charge is 2.19. The van der Waals surface area contributed by atoms with Crippen molar-refractivity contribution in [3.8, 4) is 11.5 Å². The third kappa shape index (κ3) is 3.11. The Balaban J connectivity index is 1.99. The predicted octanol–water partition coefficient (Wildman–Crippen LogP) is 3.80. The summed E-state index contributed by atoms with van der Waals surface area (Å²) in [5, 5.41) is 1.78. The minimum Gasteiger partial charge on any atom is -0.457 e. The fourth-order valence-electron chi connectivity index (χ4n) is 3.33. The number of primary amides is 1. The van der Waals surface area contributed by atoms with E-state index in [-0.39, 0.29) is 5.69 Å². The number of aromatic amines is 1. The number of nitrogens with two attached hydrogens (primary N) is 1. The summed E-state index contributed by atoms with van der Waals surface area (Å²) in [6.45, 7) is 0.454. The van der Waals surface area contributed by atoms with Crippen LogP contribution >= 0.6 is 0 Å². The zero-order valence-corrected chi connectivity index (χ0v) is 14.9. The van der Waals surface area contributed by atoms with Gasteiger partial charge in [0.2, 0.25) is 0 Å². The Labute approximate surface area is 155 Å². The average molecular weight is 361 g/mol. The molecule has 6 nitrogen and oxygen atoms in total. The second kappa shape index (κ2) is 7.09. The van der Waals surface area contributed by atoms with Gasteiger partial charge in [-0.1, -0.05) is 24.3 Å². The number of para-hydroxylation sites is 1. The van der Waals surface area contributed by atoms with Crippen molar-refractivity contribution in [3.63, 3.8) is 0 Å². The fraction of sp³-hybridized carbons (Fsp3) is 0.143. The molecule has 0 spiro atoms. The number of benzene rings is 2. The highest BCUT2D eigenvalue weighted by molar-refractivity contribution is 6.14. The first kappa shape index (κ1) is 17.1. The number of ether oxygens (including phenoxy) is 2. The highest BCUT2D eigenvalue weighted by Crippen LogP contribution is 2.37. The number of carbonyl (C=O) groups excluding carboxylic acids is 1. The molecule has 27 heavy (non-hydrogen) atoms. The Hall–Kier alpha value is -3.38. The summed E-state index contributed by atoms with van der Waals surface area (Å²) in [5.74, 6) is 0.881. The van der Waals surface area contributed by atoms with Crippen LogP contribution in [-0.4, -0.2) is 29.6 Å². The van der Waals surface area contributed by atoms with Crippen molar-refractivity contribution in [2.75, 3.05) is 13.7 Å². The number of carbonyl (C=O) groups is 1. The topological polar surface area (TPSA) is 90.2 Å². The Morgan fingerprint density at radius 1 is 1.07 bits per heavy atom. The number of H-pyrrole nitrogens is 1. The Bertz CT molecular complexity index is 1120. The zero-order chi connectivity index (χ0) is 18.8. The molecule has 3 N–H and O–H groups in total. The van der Waals surface area contributed by atoms with Crippen LogP contribution in [0.1, 0.15) is 16.1 Å². The molecule has 2 aromatic carbocycles. The molecule has 0 unspecified atom stereocenters. The lowest BCUT2D eigenvalue weighted by Gasteiger charge is -2.10. The van der Waals surface area contributed by atoms with Gasteiger partial charge in [0.05, 0.1) is 29.2 Å². The van der Waals surface area contributed by atoms with E-state index in [1.165, 1.54) is 0 Å². The van der Waals surface area contributed by atoms with Crippen molar-refractivity contribution >= 4 is 27.7 Å². The van der Waals surface area contributed by atoms with Gasteiger partial charge in [0.25, 0.3) is 5.91 Å². The standard InChI is InChI=1S/C21H19N3O3/c1-26-11-10-14-18-16(12-23-20(14)21(22)25)24-15-8-5-9-17(19(15)18)27-13-6-3-2-4-7-13/h2-9,12,24H,10-11H2,1H3,(H2,22,25). The van der Waals surface area contributed by atoms with E-state index in [2.05, 4.69) is 9.97 Å². The van der Waals surface area contributed by atoms with E-state index in [0.29, 0.717) is 18.8 Å². The van der Waals surface area contributed by atoms with Gasteiger partial charge in [-0.05, 0) is 36.2 Å². The van der Waals surface area contributed by atoms with Gasteiger partial charge in [-0.2, -0.15) is 0 Å². The fourth-order valence-corrected chi connectivity index (χ4v) is 3.33. The number of nitrogens with zero attached hydrogens (tertiary/aromatic N) is 1. The maximum Gasteiger partial charge on any atom is 0.267 e. The lowest BCUT2D eigenvalue weighted by Crippen LogP contribution is -2.17. The van der Waals surface area contributed by atoms with Crippen molar-refractivity contribution in [2.45, 2.75) is 6.42 Å². The average Bonchev–Trinajstić information content (AvgIpc) is 3.06. The number of pyridine rings is 1. The Morgan fingerprint density at radius 3 is 2.63 bits per heavy atom. The molecule has 2 aromatic heterocycles. The van der Waals surface area contributed by atoms with E-state index in [4.69, 9.17) is 15.2 Å². The van der Waals surface area contributed by atoms with Crippen LogP contribution in [0.25, 0.3) is 21.8 Å². The van der Waals surface area contributed by atoms with Gasteiger partial charge in [0, 0.05) is 12.5 Å². The van der Waals surface area contributed by atoms with Crippen LogP contribution in [-0.2, 0) is 11.2 Å². The number of aromatic nitrogens is 2. The second-order valence-corrected chi connectivity index (χ2v) is 6.20. The van der Waals surface area contributed by atoms with Crippen molar-refractivity contribution in [3.05, 3.63) is 66.0 Å². The largest absolute Gasteiger partial charge is 0.457 e. The molecular formula is C21H19N3O3. The van der Waals surface area contributed by atoms with E-state index in [1.54, 1.807) is 13.3 Å². The van der Waals surface area contributed by atoms with Gasteiger partial charge >= 0.3 is 0 Å². The summed E-state index contributed by atoms with van der Waals surface area (Å²) in [5.41, 5.74) is 8.32. The number of rotatable bonds is 6. The smallest absolute Gasteiger partial charge is 0.267 e. The normalized spacial score (nSPS) is 11.1. The van der Waals surface area contributed by atoms with Gasteiger partial charge in [0.1, 0.15) is 17.2 Å². The van der Waals surface area contributed by atoms with Crippen LogP contribution in [0.4, 0.5) is 0 Å². The first-order valence-electron chi connectivity index (χ1n) is 8.63. The van der Waals surface area contributed by atoms with Gasteiger partial charge < -0.3 is 20.2 Å². The van der Waals surface area contributed by atoms with Crippen molar-refractivity contribution in [1.82, 2.24) is 9.97 Å². The van der Waals surface area contributed by atoms with Crippen molar-refractivity contribution in [1.29, 1.82) is 0 Å². The van der Waals surface area contributed by atoms with E-state index in [0.717, 1.165) is 33.1 Å². The van der Waals surface area contributed by atoms with E-state index in [1.807, 2.05) is 48.5 Å². The maximum atomic E-state index is 11.9. The molecule has 0 radical (unpaired) electrons. The Morgan fingerprint density at radius 2 is 1.89 bits per heavy atom. The number of nitrogens with one attached hydrogen (secondary N) is 1.